The first-order valence-electron chi connectivity index (χ1n) is 4.25. The van der Waals surface area contributed by atoms with Gasteiger partial charge >= 0.3 is 0 Å². The van der Waals surface area contributed by atoms with Gasteiger partial charge in [0.05, 0.1) is 6.61 Å². The van der Waals surface area contributed by atoms with E-state index < -0.39 is 0 Å². The molecule has 1 N–H and O–H groups in total. The molecule has 0 atom stereocenters. The Morgan fingerprint density at radius 2 is 2.38 bits per heavy atom. The highest BCUT2D eigenvalue weighted by Gasteiger charge is 2.07. The number of ether oxygens (including phenoxy) is 1. The standard InChI is InChI=1S/C9H11N3O/c1-3-13-9-8-7(4-5-10-9)6(2)11-12-8/h4-5H,3H2,1-2H3,(H,11,12). The van der Waals surface area contributed by atoms with Crippen LogP contribution in [-0.2, 0) is 0 Å². The van der Waals surface area contributed by atoms with Gasteiger partial charge in [0.25, 0.3) is 0 Å². The first-order chi connectivity index (χ1) is 6.33. The maximum atomic E-state index is 5.34. The number of aromatic nitrogens is 3. The molecule has 0 bridgehead atoms. The number of hydrogen-bond acceptors (Lipinski definition) is 3. The molecule has 4 nitrogen and oxygen atoms in total. The largest absolute Gasteiger partial charge is 0.476 e. The van der Waals surface area contributed by atoms with Crippen molar-refractivity contribution in [1.82, 2.24) is 15.2 Å². The maximum Gasteiger partial charge on any atom is 0.242 e. The number of fused-ring (bicyclic) bond motifs is 1. The first kappa shape index (κ1) is 8.04. The molecule has 0 aliphatic heterocycles. The number of nitrogens with zero attached hydrogens (tertiary/aromatic N) is 2. The molecule has 2 heterocycles. The van der Waals surface area contributed by atoms with Crippen LogP contribution < -0.4 is 4.74 Å². The summed E-state index contributed by atoms with van der Waals surface area (Å²) < 4.78 is 5.34. The second-order valence-corrected chi connectivity index (χ2v) is 2.79. The normalized spacial score (nSPS) is 10.6. The lowest BCUT2D eigenvalue weighted by molar-refractivity contribution is 0.330. The molecular formula is C9H11N3O. The van der Waals surface area contributed by atoms with Crippen molar-refractivity contribution in [3.8, 4) is 5.88 Å². The van der Waals surface area contributed by atoms with E-state index in [0.717, 1.165) is 16.6 Å². The lowest BCUT2D eigenvalue weighted by atomic mass is 10.2. The van der Waals surface area contributed by atoms with Gasteiger partial charge in [-0.2, -0.15) is 5.10 Å². The van der Waals surface area contributed by atoms with Gasteiger partial charge in [0.1, 0.15) is 0 Å². The minimum Gasteiger partial charge on any atom is -0.476 e. The van der Waals surface area contributed by atoms with E-state index in [1.165, 1.54) is 0 Å². The Bertz CT molecular complexity index is 422. The molecule has 4 heteroatoms. The zero-order valence-corrected chi connectivity index (χ0v) is 7.66. The van der Waals surface area contributed by atoms with Gasteiger partial charge in [0, 0.05) is 17.3 Å². The third-order valence-electron chi connectivity index (χ3n) is 1.91. The molecule has 2 aromatic rings. The number of H-pyrrole nitrogens is 1. The molecule has 2 rings (SSSR count). The van der Waals surface area contributed by atoms with Crippen LogP contribution in [0.15, 0.2) is 12.3 Å². The quantitative estimate of drug-likeness (QED) is 0.759. The van der Waals surface area contributed by atoms with Crippen molar-refractivity contribution in [3.05, 3.63) is 18.0 Å². The van der Waals surface area contributed by atoms with Crippen molar-refractivity contribution in [2.24, 2.45) is 0 Å². The lowest BCUT2D eigenvalue weighted by Gasteiger charge is -2.00. The number of rotatable bonds is 2. The van der Waals surface area contributed by atoms with Gasteiger partial charge in [-0.3, -0.25) is 5.10 Å². The highest BCUT2D eigenvalue weighted by Crippen LogP contribution is 2.22. The van der Waals surface area contributed by atoms with Crippen LogP contribution in [0.4, 0.5) is 0 Å². The third kappa shape index (κ3) is 1.24. The summed E-state index contributed by atoms with van der Waals surface area (Å²) in [7, 11) is 0. The van der Waals surface area contributed by atoms with Crippen molar-refractivity contribution in [3.63, 3.8) is 0 Å². The molecule has 0 fully saturated rings. The van der Waals surface area contributed by atoms with E-state index in [1.54, 1.807) is 6.20 Å². The lowest BCUT2D eigenvalue weighted by Crippen LogP contribution is -1.94. The van der Waals surface area contributed by atoms with Gasteiger partial charge in [-0.25, -0.2) is 4.98 Å². The summed E-state index contributed by atoms with van der Waals surface area (Å²) in [6.07, 6.45) is 1.73. The molecule has 2 aromatic heterocycles. The van der Waals surface area contributed by atoms with Crippen LogP contribution in [0.3, 0.4) is 0 Å². The minimum atomic E-state index is 0.601. The van der Waals surface area contributed by atoms with Crippen LogP contribution in [0.2, 0.25) is 0 Å². The van der Waals surface area contributed by atoms with Crippen molar-refractivity contribution in [2.75, 3.05) is 6.61 Å². The van der Waals surface area contributed by atoms with E-state index in [-0.39, 0.29) is 0 Å². The molecular weight excluding hydrogens is 166 g/mol. The monoisotopic (exact) mass is 177 g/mol. The highest BCUT2D eigenvalue weighted by molar-refractivity contribution is 5.84. The van der Waals surface area contributed by atoms with Crippen LogP contribution in [0, 0.1) is 6.92 Å². The summed E-state index contributed by atoms with van der Waals surface area (Å²) in [6, 6.07) is 1.93. The predicted octanol–water partition coefficient (Wildman–Crippen LogP) is 1.67. The van der Waals surface area contributed by atoms with Gasteiger partial charge in [-0.05, 0) is 19.9 Å². The molecule has 0 radical (unpaired) electrons. The zero-order chi connectivity index (χ0) is 9.26. The Kier molecular flexibility index (Phi) is 1.88. The van der Waals surface area contributed by atoms with E-state index >= 15 is 0 Å². The Morgan fingerprint density at radius 1 is 1.54 bits per heavy atom. The SMILES string of the molecule is CCOc1nccc2c(C)[nH]nc12. The van der Waals surface area contributed by atoms with Crippen molar-refractivity contribution in [2.45, 2.75) is 13.8 Å². The molecule has 0 unspecified atom stereocenters. The van der Waals surface area contributed by atoms with Crippen LogP contribution in [0.5, 0.6) is 5.88 Å². The molecule has 68 valence electrons. The van der Waals surface area contributed by atoms with Crippen LogP contribution in [-0.4, -0.2) is 21.8 Å². The second-order valence-electron chi connectivity index (χ2n) is 2.79. The van der Waals surface area contributed by atoms with E-state index in [2.05, 4.69) is 15.2 Å². The molecule has 13 heavy (non-hydrogen) atoms. The molecule has 0 amide bonds. The summed E-state index contributed by atoms with van der Waals surface area (Å²) in [5.41, 5.74) is 1.85. The highest BCUT2D eigenvalue weighted by atomic mass is 16.5. The number of nitrogens with one attached hydrogen (secondary N) is 1. The average molecular weight is 177 g/mol. The summed E-state index contributed by atoms with van der Waals surface area (Å²) >= 11 is 0. The Labute approximate surface area is 75.9 Å². The van der Waals surface area contributed by atoms with Crippen molar-refractivity contribution < 1.29 is 4.74 Å². The Balaban J connectivity index is 2.63. The van der Waals surface area contributed by atoms with Crippen LogP contribution >= 0.6 is 0 Å². The van der Waals surface area contributed by atoms with Gasteiger partial charge in [-0.1, -0.05) is 0 Å². The molecule has 0 saturated carbocycles. The number of hydrogen-bond donors (Lipinski definition) is 1. The molecule has 0 aliphatic rings. The number of pyridine rings is 1. The van der Waals surface area contributed by atoms with Crippen LogP contribution in [0.1, 0.15) is 12.6 Å². The molecule has 0 aromatic carbocycles. The number of aromatic amines is 1. The van der Waals surface area contributed by atoms with Gasteiger partial charge in [-0.15, -0.1) is 0 Å². The fraction of sp³-hybridized carbons (Fsp3) is 0.333. The predicted molar refractivity (Wildman–Crippen MR) is 49.8 cm³/mol. The fourth-order valence-corrected chi connectivity index (χ4v) is 1.29. The second kappa shape index (κ2) is 3.05. The minimum absolute atomic E-state index is 0.601. The van der Waals surface area contributed by atoms with Gasteiger partial charge in [0.2, 0.25) is 5.88 Å². The molecule has 0 spiro atoms. The molecule has 0 aliphatic carbocycles. The Hall–Kier alpha value is -1.58. The smallest absolute Gasteiger partial charge is 0.242 e. The zero-order valence-electron chi connectivity index (χ0n) is 7.66. The first-order valence-corrected chi connectivity index (χ1v) is 4.25. The van der Waals surface area contributed by atoms with Gasteiger partial charge < -0.3 is 4.74 Å². The molecule has 0 saturated heterocycles. The van der Waals surface area contributed by atoms with E-state index in [4.69, 9.17) is 4.74 Å². The third-order valence-corrected chi connectivity index (χ3v) is 1.91. The fourth-order valence-electron chi connectivity index (χ4n) is 1.29. The maximum absolute atomic E-state index is 5.34. The van der Waals surface area contributed by atoms with Crippen LogP contribution in [0.25, 0.3) is 10.9 Å². The van der Waals surface area contributed by atoms with Gasteiger partial charge in [0.15, 0.2) is 5.52 Å². The van der Waals surface area contributed by atoms with E-state index in [0.29, 0.717) is 12.5 Å². The number of aryl methyl sites for hydroxylation is 1. The summed E-state index contributed by atoms with van der Waals surface area (Å²) in [6.45, 7) is 4.52. The Morgan fingerprint density at radius 3 is 3.15 bits per heavy atom. The van der Waals surface area contributed by atoms with E-state index in [9.17, 15) is 0 Å². The average Bonchev–Trinajstić information content (AvgIpc) is 2.50. The summed E-state index contributed by atoms with van der Waals surface area (Å²) in [5, 5.41) is 8.10. The summed E-state index contributed by atoms with van der Waals surface area (Å²) in [4.78, 5) is 4.11. The summed E-state index contributed by atoms with van der Waals surface area (Å²) in [5.74, 6) is 0.601. The van der Waals surface area contributed by atoms with Crippen molar-refractivity contribution >= 4 is 10.9 Å². The topological polar surface area (TPSA) is 50.8 Å². The van der Waals surface area contributed by atoms with Crippen molar-refractivity contribution in [1.29, 1.82) is 0 Å². The van der Waals surface area contributed by atoms with E-state index in [1.807, 2.05) is 19.9 Å².